The Hall–Kier alpha value is -3.29. The monoisotopic (exact) mass is 374 g/mol. The molecule has 1 fully saturated rings. The Balaban J connectivity index is 1.74. The fraction of sp³-hybridized carbons (Fsp3) is 0.211. The quantitative estimate of drug-likeness (QED) is 0.643. The predicted molar refractivity (Wildman–Crippen MR) is 93.3 cm³/mol. The molecule has 2 aromatic rings. The van der Waals surface area contributed by atoms with Crippen molar-refractivity contribution < 1.29 is 27.9 Å². The van der Waals surface area contributed by atoms with Crippen molar-refractivity contribution in [2.45, 2.75) is 19.4 Å². The van der Waals surface area contributed by atoms with Gasteiger partial charge < -0.3 is 10.1 Å². The maximum absolute atomic E-state index is 13.9. The van der Waals surface area contributed by atoms with Crippen LogP contribution in [0.5, 0.6) is 0 Å². The summed E-state index contributed by atoms with van der Waals surface area (Å²) >= 11 is 0. The SMILES string of the molecule is CCOC(=O)c1ccc(N[C@@H]2CC(=O)N(c3ccc(F)cc3F)C2=O)cc1. The summed E-state index contributed by atoms with van der Waals surface area (Å²) in [6.45, 7) is 1.96. The first-order chi connectivity index (χ1) is 12.9. The Kier molecular flexibility index (Phi) is 5.16. The van der Waals surface area contributed by atoms with Crippen LogP contribution in [0, 0.1) is 11.6 Å². The van der Waals surface area contributed by atoms with Gasteiger partial charge in [0.25, 0.3) is 5.91 Å². The summed E-state index contributed by atoms with van der Waals surface area (Å²) in [5.74, 6) is -3.48. The first kappa shape index (κ1) is 18.5. The van der Waals surface area contributed by atoms with E-state index in [-0.39, 0.29) is 18.7 Å². The molecule has 1 saturated heterocycles. The maximum atomic E-state index is 13.9. The summed E-state index contributed by atoms with van der Waals surface area (Å²) < 4.78 is 31.9. The molecule has 8 heteroatoms. The minimum absolute atomic E-state index is 0.171. The van der Waals surface area contributed by atoms with Gasteiger partial charge in [0.15, 0.2) is 0 Å². The number of amides is 2. The van der Waals surface area contributed by atoms with Crippen LogP contribution in [0.25, 0.3) is 0 Å². The summed E-state index contributed by atoms with van der Waals surface area (Å²) in [5, 5.41) is 2.89. The molecule has 1 heterocycles. The van der Waals surface area contributed by atoms with Gasteiger partial charge >= 0.3 is 5.97 Å². The summed E-state index contributed by atoms with van der Waals surface area (Å²) in [4.78, 5) is 37.1. The number of halogens is 2. The third-order valence-electron chi connectivity index (χ3n) is 4.03. The minimum Gasteiger partial charge on any atom is -0.462 e. The Morgan fingerprint density at radius 2 is 1.89 bits per heavy atom. The van der Waals surface area contributed by atoms with Gasteiger partial charge in [0.2, 0.25) is 5.91 Å². The van der Waals surface area contributed by atoms with E-state index in [9.17, 15) is 23.2 Å². The van der Waals surface area contributed by atoms with Crippen molar-refractivity contribution in [3.8, 4) is 0 Å². The number of anilines is 2. The molecule has 3 rings (SSSR count). The van der Waals surface area contributed by atoms with Gasteiger partial charge in [-0.15, -0.1) is 0 Å². The van der Waals surface area contributed by atoms with Crippen LogP contribution in [0.15, 0.2) is 42.5 Å². The molecule has 0 saturated carbocycles. The molecule has 2 aromatic carbocycles. The van der Waals surface area contributed by atoms with E-state index in [2.05, 4.69) is 5.32 Å². The lowest BCUT2D eigenvalue weighted by Gasteiger charge is -2.17. The molecular formula is C19H16F2N2O4. The Morgan fingerprint density at radius 3 is 2.52 bits per heavy atom. The third kappa shape index (κ3) is 3.79. The van der Waals surface area contributed by atoms with E-state index >= 15 is 0 Å². The zero-order valence-corrected chi connectivity index (χ0v) is 14.4. The molecule has 1 atom stereocenters. The fourth-order valence-corrected chi connectivity index (χ4v) is 2.78. The zero-order valence-electron chi connectivity index (χ0n) is 14.4. The predicted octanol–water partition coefficient (Wildman–Crippen LogP) is 2.89. The number of rotatable bonds is 5. The molecule has 0 radical (unpaired) electrons. The number of nitrogens with zero attached hydrogens (tertiary/aromatic N) is 1. The van der Waals surface area contributed by atoms with Crippen molar-refractivity contribution in [3.63, 3.8) is 0 Å². The highest BCUT2D eigenvalue weighted by atomic mass is 19.1. The largest absolute Gasteiger partial charge is 0.462 e. The Labute approximate surface area is 153 Å². The molecule has 140 valence electrons. The van der Waals surface area contributed by atoms with Gasteiger partial charge in [-0.1, -0.05) is 0 Å². The molecule has 2 amide bonds. The summed E-state index contributed by atoms with van der Waals surface area (Å²) in [7, 11) is 0. The lowest BCUT2D eigenvalue weighted by Crippen LogP contribution is -2.35. The molecule has 0 spiro atoms. The van der Waals surface area contributed by atoms with E-state index in [1.165, 1.54) is 12.1 Å². The summed E-state index contributed by atoms with van der Waals surface area (Å²) in [6, 6.07) is 7.96. The number of hydrogen-bond donors (Lipinski definition) is 1. The smallest absolute Gasteiger partial charge is 0.338 e. The average molecular weight is 374 g/mol. The molecule has 0 aliphatic carbocycles. The van der Waals surface area contributed by atoms with Gasteiger partial charge in [-0.05, 0) is 43.3 Å². The van der Waals surface area contributed by atoms with Gasteiger partial charge in [-0.3, -0.25) is 9.59 Å². The number of nitrogens with one attached hydrogen (secondary N) is 1. The second kappa shape index (κ2) is 7.53. The summed E-state index contributed by atoms with van der Waals surface area (Å²) in [5.41, 5.74) is 0.579. The molecule has 1 aliphatic heterocycles. The zero-order chi connectivity index (χ0) is 19.6. The highest BCUT2D eigenvalue weighted by molar-refractivity contribution is 6.23. The van der Waals surface area contributed by atoms with E-state index in [4.69, 9.17) is 4.74 Å². The van der Waals surface area contributed by atoms with E-state index < -0.39 is 35.5 Å². The number of carbonyl (C=O) groups excluding carboxylic acids is 3. The molecule has 27 heavy (non-hydrogen) atoms. The van der Waals surface area contributed by atoms with Gasteiger partial charge in [-0.25, -0.2) is 18.5 Å². The Bertz CT molecular complexity index is 899. The standard InChI is InChI=1S/C19H16F2N2O4/c1-2-27-19(26)11-3-6-13(7-4-11)22-15-10-17(24)23(18(15)25)16-8-5-12(20)9-14(16)21/h3-9,15,22H,2,10H2,1H3/t15-/m1/s1. The van der Waals surface area contributed by atoms with Crippen LogP contribution < -0.4 is 10.2 Å². The molecule has 6 nitrogen and oxygen atoms in total. The van der Waals surface area contributed by atoms with Gasteiger partial charge in [0, 0.05) is 11.8 Å². The lowest BCUT2D eigenvalue weighted by molar-refractivity contribution is -0.121. The number of carbonyl (C=O) groups is 3. The van der Waals surface area contributed by atoms with E-state index in [0.29, 0.717) is 22.2 Å². The van der Waals surface area contributed by atoms with Crippen LogP contribution in [0.2, 0.25) is 0 Å². The molecule has 1 N–H and O–H groups in total. The molecular weight excluding hydrogens is 358 g/mol. The van der Waals surface area contributed by atoms with Crippen molar-refractivity contribution >= 4 is 29.2 Å². The van der Waals surface area contributed by atoms with Crippen molar-refractivity contribution in [2.75, 3.05) is 16.8 Å². The fourth-order valence-electron chi connectivity index (χ4n) is 2.78. The van der Waals surface area contributed by atoms with Crippen LogP contribution in [-0.4, -0.2) is 30.4 Å². The third-order valence-corrected chi connectivity index (χ3v) is 4.03. The van der Waals surface area contributed by atoms with Crippen LogP contribution in [0.4, 0.5) is 20.2 Å². The highest BCUT2D eigenvalue weighted by Crippen LogP contribution is 2.27. The molecule has 0 aromatic heterocycles. The number of hydrogen-bond acceptors (Lipinski definition) is 5. The number of benzene rings is 2. The number of ether oxygens (including phenoxy) is 1. The second-order valence-corrected chi connectivity index (χ2v) is 5.86. The van der Waals surface area contributed by atoms with Gasteiger partial charge in [0.1, 0.15) is 17.7 Å². The molecule has 0 unspecified atom stereocenters. The molecule has 0 bridgehead atoms. The normalized spacial score (nSPS) is 16.6. The van der Waals surface area contributed by atoms with Crippen molar-refractivity contribution in [3.05, 3.63) is 59.7 Å². The van der Waals surface area contributed by atoms with E-state index in [1.807, 2.05) is 0 Å². The van der Waals surface area contributed by atoms with Crippen molar-refractivity contribution in [1.82, 2.24) is 0 Å². The molecule has 1 aliphatic rings. The van der Waals surface area contributed by atoms with E-state index in [1.54, 1.807) is 19.1 Å². The van der Waals surface area contributed by atoms with Crippen LogP contribution in [-0.2, 0) is 14.3 Å². The van der Waals surface area contributed by atoms with Crippen LogP contribution >= 0.6 is 0 Å². The van der Waals surface area contributed by atoms with Gasteiger partial charge in [-0.2, -0.15) is 0 Å². The number of esters is 1. The average Bonchev–Trinajstić information content (AvgIpc) is 2.90. The first-order valence-electron chi connectivity index (χ1n) is 8.26. The van der Waals surface area contributed by atoms with E-state index in [0.717, 1.165) is 12.1 Å². The Morgan fingerprint density at radius 1 is 1.19 bits per heavy atom. The first-order valence-corrected chi connectivity index (χ1v) is 8.26. The summed E-state index contributed by atoms with van der Waals surface area (Å²) in [6.07, 6.45) is -0.171. The second-order valence-electron chi connectivity index (χ2n) is 5.86. The van der Waals surface area contributed by atoms with Gasteiger partial charge in [0.05, 0.1) is 24.3 Å². The minimum atomic E-state index is -0.990. The van der Waals surface area contributed by atoms with Crippen LogP contribution in [0.1, 0.15) is 23.7 Å². The van der Waals surface area contributed by atoms with Crippen molar-refractivity contribution in [2.24, 2.45) is 0 Å². The number of imide groups is 1. The topological polar surface area (TPSA) is 75.7 Å². The van der Waals surface area contributed by atoms with Crippen LogP contribution in [0.3, 0.4) is 0 Å². The lowest BCUT2D eigenvalue weighted by atomic mass is 10.2. The maximum Gasteiger partial charge on any atom is 0.338 e. The highest BCUT2D eigenvalue weighted by Gasteiger charge is 2.40. The van der Waals surface area contributed by atoms with Crippen molar-refractivity contribution in [1.29, 1.82) is 0 Å².